The molecule has 0 saturated carbocycles. The van der Waals surface area contributed by atoms with Gasteiger partial charge in [-0.15, -0.1) is 0 Å². The van der Waals surface area contributed by atoms with Crippen molar-refractivity contribution in [3.8, 4) is 0 Å². The Balaban J connectivity index is 3.08. The van der Waals surface area contributed by atoms with Crippen LogP contribution in [-0.2, 0) is 9.63 Å². The zero-order valence-corrected chi connectivity index (χ0v) is 8.06. The first-order chi connectivity index (χ1) is 5.81. The molecule has 0 unspecified atom stereocenters. The van der Waals surface area contributed by atoms with Crippen LogP contribution in [0.1, 0.15) is 46.0 Å². The maximum absolute atomic E-state index is 10.9. The summed E-state index contributed by atoms with van der Waals surface area (Å²) in [6.07, 6.45) is 4.63. The SMILES string of the molecule is CCCCONC(=O)CCCC. The Morgan fingerprint density at radius 3 is 2.50 bits per heavy atom. The molecule has 0 rings (SSSR count). The molecule has 72 valence electrons. The highest BCUT2D eigenvalue weighted by molar-refractivity contribution is 5.74. The van der Waals surface area contributed by atoms with Crippen LogP contribution < -0.4 is 5.48 Å². The fourth-order valence-corrected chi connectivity index (χ4v) is 0.736. The molecule has 1 N–H and O–H groups in total. The molecule has 1 amide bonds. The van der Waals surface area contributed by atoms with Crippen molar-refractivity contribution >= 4 is 5.91 Å². The van der Waals surface area contributed by atoms with Gasteiger partial charge in [-0.25, -0.2) is 5.48 Å². The first kappa shape index (κ1) is 11.4. The normalized spacial score (nSPS) is 9.83. The Labute approximate surface area is 74.4 Å². The first-order valence-corrected chi connectivity index (χ1v) is 4.71. The predicted molar refractivity (Wildman–Crippen MR) is 48.5 cm³/mol. The van der Waals surface area contributed by atoms with Gasteiger partial charge in [0.25, 0.3) is 0 Å². The van der Waals surface area contributed by atoms with E-state index in [1.54, 1.807) is 0 Å². The first-order valence-electron chi connectivity index (χ1n) is 4.71. The summed E-state index contributed by atoms with van der Waals surface area (Å²) in [7, 11) is 0. The number of hydrogen-bond donors (Lipinski definition) is 1. The molecule has 0 atom stereocenters. The minimum Gasteiger partial charge on any atom is -0.274 e. The van der Waals surface area contributed by atoms with E-state index in [4.69, 9.17) is 4.84 Å². The van der Waals surface area contributed by atoms with Gasteiger partial charge in [0.15, 0.2) is 0 Å². The van der Waals surface area contributed by atoms with Gasteiger partial charge >= 0.3 is 0 Å². The van der Waals surface area contributed by atoms with E-state index in [2.05, 4.69) is 19.3 Å². The molecule has 0 fully saturated rings. The van der Waals surface area contributed by atoms with Gasteiger partial charge in [-0.1, -0.05) is 26.7 Å². The topological polar surface area (TPSA) is 38.3 Å². The Kier molecular flexibility index (Phi) is 8.12. The van der Waals surface area contributed by atoms with Crippen molar-refractivity contribution in [3.63, 3.8) is 0 Å². The Hall–Kier alpha value is -0.570. The number of amides is 1. The third-order valence-corrected chi connectivity index (χ3v) is 1.54. The summed E-state index contributed by atoms with van der Waals surface area (Å²) >= 11 is 0. The maximum Gasteiger partial charge on any atom is 0.243 e. The van der Waals surface area contributed by atoms with Crippen molar-refractivity contribution in [2.24, 2.45) is 0 Å². The fourth-order valence-electron chi connectivity index (χ4n) is 0.736. The van der Waals surface area contributed by atoms with Crippen molar-refractivity contribution in [1.29, 1.82) is 0 Å². The van der Waals surface area contributed by atoms with Crippen molar-refractivity contribution < 1.29 is 9.63 Å². The molecule has 0 aliphatic rings. The summed E-state index contributed by atoms with van der Waals surface area (Å²) in [4.78, 5) is 15.9. The quantitative estimate of drug-likeness (QED) is 0.472. The molecule has 0 spiro atoms. The lowest BCUT2D eigenvalue weighted by Crippen LogP contribution is -2.23. The Morgan fingerprint density at radius 2 is 1.92 bits per heavy atom. The van der Waals surface area contributed by atoms with E-state index >= 15 is 0 Å². The number of unbranched alkanes of at least 4 members (excludes halogenated alkanes) is 2. The maximum atomic E-state index is 10.9. The molecule has 0 aromatic heterocycles. The van der Waals surface area contributed by atoms with Gasteiger partial charge in [-0.2, -0.15) is 0 Å². The van der Waals surface area contributed by atoms with Gasteiger partial charge in [-0.05, 0) is 12.8 Å². The lowest BCUT2D eigenvalue weighted by molar-refractivity contribution is -0.133. The van der Waals surface area contributed by atoms with Crippen LogP contribution in [0.2, 0.25) is 0 Å². The average molecular weight is 173 g/mol. The summed E-state index contributed by atoms with van der Waals surface area (Å²) in [6, 6.07) is 0. The van der Waals surface area contributed by atoms with E-state index in [0.29, 0.717) is 13.0 Å². The fraction of sp³-hybridized carbons (Fsp3) is 0.889. The van der Waals surface area contributed by atoms with E-state index < -0.39 is 0 Å². The van der Waals surface area contributed by atoms with Gasteiger partial charge in [0.05, 0.1) is 6.61 Å². The van der Waals surface area contributed by atoms with Crippen LogP contribution in [0.25, 0.3) is 0 Å². The van der Waals surface area contributed by atoms with Gasteiger partial charge in [0.2, 0.25) is 5.91 Å². The highest BCUT2D eigenvalue weighted by Crippen LogP contribution is 1.93. The van der Waals surface area contributed by atoms with Crippen molar-refractivity contribution in [2.75, 3.05) is 6.61 Å². The second-order valence-electron chi connectivity index (χ2n) is 2.83. The number of rotatable bonds is 7. The molecular formula is C9H19NO2. The van der Waals surface area contributed by atoms with Gasteiger partial charge in [0.1, 0.15) is 0 Å². The lowest BCUT2D eigenvalue weighted by Gasteiger charge is -2.03. The van der Waals surface area contributed by atoms with Gasteiger partial charge in [0, 0.05) is 6.42 Å². The number of hydroxylamine groups is 1. The largest absolute Gasteiger partial charge is 0.274 e. The van der Waals surface area contributed by atoms with Crippen LogP contribution in [0.15, 0.2) is 0 Å². The van der Waals surface area contributed by atoms with Crippen LogP contribution in [0.4, 0.5) is 0 Å². The molecule has 3 nitrogen and oxygen atoms in total. The zero-order valence-electron chi connectivity index (χ0n) is 8.06. The number of carbonyl (C=O) groups excluding carboxylic acids is 1. The summed E-state index contributed by atoms with van der Waals surface area (Å²) in [6.45, 7) is 4.77. The smallest absolute Gasteiger partial charge is 0.243 e. The number of hydrogen-bond acceptors (Lipinski definition) is 2. The molecule has 0 aromatic rings. The molecule has 0 radical (unpaired) electrons. The van der Waals surface area contributed by atoms with Crippen molar-refractivity contribution in [3.05, 3.63) is 0 Å². The summed E-state index contributed by atoms with van der Waals surface area (Å²) < 4.78 is 0. The molecular weight excluding hydrogens is 154 g/mol. The summed E-state index contributed by atoms with van der Waals surface area (Å²) in [5, 5.41) is 0. The molecule has 0 heterocycles. The van der Waals surface area contributed by atoms with Crippen LogP contribution in [0.3, 0.4) is 0 Å². The standard InChI is InChI=1S/C9H19NO2/c1-3-5-7-9(11)10-12-8-6-4-2/h3-8H2,1-2H3,(H,10,11). The highest BCUT2D eigenvalue weighted by atomic mass is 16.6. The molecule has 0 aromatic carbocycles. The van der Waals surface area contributed by atoms with Crippen LogP contribution in [0, 0.1) is 0 Å². The molecule has 0 aliphatic heterocycles. The highest BCUT2D eigenvalue weighted by Gasteiger charge is 1.98. The third kappa shape index (κ3) is 7.54. The predicted octanol–water partition coefficient (Wildman–Crippen LogP) is 2.02. The summed E-state index contributed by atoms with van der Waals surface area (Å²) in [5.74, 6) is -0.00652. The lowest BCUT2D eigenvalue weighted by atomic mass is 10.2. The van der Waals surface area contributed by atoms with Crippen molar-refractivity contribution in [2.45, 2.75) is 46.0 Å². The van der Waals surface area contributed by atoms with E-state index in [-0.39, 0.29) is 5.91 Å². The molecule has 0 bridgehead atoms. The monoisotopic (exact) mass is 173 g/mol. The molecule has 12 heavy (non-hydrogen) atoms. The van der Waals surface area contributed by atoms with Gasteiger partial charge < -0.3 is 0 Å². The van der Waals surface area contributed by atoms with Crippen LogP contribution >= 0.6 is 0 Å². The summed E-state index contributed by atoms with van der Waals surface area (Å²) in [5.41, 5.74) is 2.41. The van der Waals surface area contributed by atoms with E-state index in [1.807, 2.05) is 0 Å². The molecule has 0 aliphatic carbocycles. The van der Waals surface area contributed by atoms with Crippen LogP contribution in [0.5, 0.6) is 0 Å². The number of nitrogens with one attached hydrogen (secondary N) is 1. The van der Waals surface area contributed by atoms with Crippen LogP contribution in [-0.4, -0.2) is 12.5 Å². The third-order valence-electron chi connectivity index (χ3n) is 1.54. The van der Waals surface area contributed by atoms with Gasteiger partial charge in [-0.3, -0.25) is 9.63 Å². The van der Waals surface area contributed by atoms with E-state index in [1.165, 1.54) is 0 Å². The molecule has 0 saturated heterocycles. The average Bonchev–Trinajstić information content (AvgIpc) is 2.09. The Morgan fingerprint density at radius 1 is 1.25 bits per heavy atom. The second kappa shape index (κ2) is 8.53. The minimum absolute atomic E-state index is 0.00652. The Bertz CT molecular complexity index is 115. The number of carbonyl (C=O) groups is 1. The molecule has 3 heteroatoms. The van der Waals surface area contributed by atoms with Crippen molar-refractivity contribution in [1.82, 2.24) is 5.48 Å². The van der Waals surface area contributed by atoms with E-state index in [0.717, 1.165) is 25.7 Å². The second-order valence-corrected chi connectivity index (χ2v) is 2.83. The minimum atomic E-state index is -0.00652. The van der Waals surface area contributed by atoms with E-state index in [9.17, 15) is 4.79 Å². The zero-order chi connectivity index (χ0) is 9.23.